The largest absolute Gasteiger partial charge is 0.386 e. The van der Waals surface area contributed by atoms with E-state index in [2.05, 4.69) is 14.9 Å². The highest BCUT2D eigenvalue weighted by atomic mass is 35.6. The predicted molar refractivity (Wildman–Crippen MR) is 41.6 cm³/mol. The molecule has 0 aliphatic rings. The molecule has 0 rings (SSSR count). The number of halogens is 5. The zero-order valence-corrected chi connectivity index (χ0v) is 8.58. The van der Waals surface area contributed by atoms with Crippen LogP contribution >= 0.6 is 58.0 Å². The lowest BCUT2D eigenvalue weighted by molar-refractivity contribution is 0.271. The number of hydrogen-bond acceptors (Lipinski definition) is 1. The lowest BCUT2D eigenvalue weighted by Crippen LogP contribution is -2.33. The molecule has 0 aromatic carbocycles. The topological polar surface area (TPSA) is 9.23 Å². The van der Waals surface area contributed by atoms with Crippen LogP contribution in [-0.2, 0) is 4.43 Å². The Bertz CT molecular complexity index is 97.6. The molecule has 0 bridgehead atoms. The molecule has 0 aliphatic carbocycles. The van der Waals surface area contributed by atoms with Crippen LogP contribution in [0.1, 0.15) is 0 Å². The maximum atomic E-state index is 5.30. The van der Waals surface area contributed by atoms with Crippen LogP contribution in [0.15, 0.2) is 0 Å². The van der Waals surface area contributed by atoms with Gasteiger partial charge in [-0.05, 0) is 0 Å². The first-order valence-electron chi connectivity index (χ1n) is 1.60. The van der Waals surface area contributed by atoms with E-state index in [-0.39, 0.29) is 0 Å². The third-order valence-corrected chi connectivity index (χ3v) is 3.12. The maximum absolute atomic E-state index is 5.30. The fourth-order valence-corrected chi connectivity index (χ4v) is 0.521. The van der Waals surface area contributed by atoms with E-state index in [0.717, 1.165) is 0 Å². The Morgan fingerprint density at radius 3 is 1.33 bits per heavy atom. The second-order valence-electron chi connectivity index (χ2n) is 1.12. The quantitative estimate of drug-likeness (QED) is 0.510. The molecule has 0 aliphatic heterocycles. The molecular formula is C2Cl5OSi. The van der Waals surface area contributed by atoms with Gasteiger partial charge in [-0.1, -0.05) is 58.0 Å². The van der Waals surface area contributed by atoms with Gasteiger partial charge in [0.15, 0.2) is 0 Å². The summed E-state index contributed by atoms with van der Waals surface area (Å²) in [6.45, 7) is 0. The Kier molecular flexibility index (Phi) is 3.95. The van der Waals surface area contributed by atoms with E-state index in [1.54, 1.807) is 0 Å². The first kappa shape index (κ1) is 10.6. The smallest absolute Gasteiger partial charge is 0.256 e. The van der Waals surface area contributed by atoms with E-state index >= 15 is 0 Å². The van der Waals surface area contributed by atoms with E-state index in [4.69, 9.17) is 58.0 Å². The van der Waals surface area contributed by atoms with Crippen molar-refractivity contribution in [2.45, 2.75) is 8.31 Å². The molecule has 0 amide bonds. The molecule has 3 radical (unpaired) electrons. The van der Waals surface area contributed by atoms with Gasteiger partial charge < -0.3 is 4.43 Å². The van der Waals surface area contributed by atoms with E-state index in [0.29, 0.717) is 0 Å². The van der Waals surface area contributed by atoms with Crippen LogP contribution in [0, 0.1) is 0 Å². The van der Waals surface area contributed by atoms with Gasteiger partial charge in [0, 0.05) is 0 Å². The molecule has 0 aromatic heterocycles. The van der Waals surface area contributed by atoms with Crippen molar-refractivity contribution in [3.8, 4) is 0 Å². The molecule has 0 aromatic rings. The van der Waals surface area contributed by atoms with Crippen LogP contribution in [0.2, 0.25) is 0 Å². The molecule has 0 atom stereocenters. The lowest BCUT2D eigenvalue weighted by Gasteiger charge is -2.25. The van der Waals surface area contributed by atoms with Gasteiger partial charge in [0.1, 0.15) is 0 Å². The second kappa shape index (κ2) is 3.35. The number of alkyl halides is 5. The fraction of sp³-hybridized carbons (Fsp3) is 1.00. The summed E-state index contributed by atoms with van der Waals surface area (Å²) in [6, 6.07) is 0. The maximum Gasteiger partial charge on any atom is 0.256 e. The summed E-state index contributed by atoms with van der Waals surface area (Å²) in [6.07, 6.45) is 0. The van der Waals surface area contributed by atoms with Gasteiger partial charge in [-0.3, -0.25) is 0 Å². The molecule has 0 spiro atoms. The van der Waals surface area contributed by atoms with Crippen molar-refractivity contribution in [1.29, 1.82) is 0 Å². The van der Waals surface area contributed by atoms with E-state index in [1.807, 2.05) is 0 Å². The lowest BCUT2D eigenvalue weighted by atomic mass is 10.8. The normalized spacial score (nSPS) is 14.0. The highest BCUT2D eigenvalue weighted by molar-refractivity contribution is 6.75. The van der Waals surface area contributed by atoms with Crippen molar-refractivity contribution >= 4 is 68.5 Å². The van der Waals surface area contributed by atoms with Crippen LogP contribution in [0.25, 0.3) is 0 Å². The van der Waals surface area contributed by atoms with Crippen LogP contribution in [0.4, 0.5) is 0 Å². The van der Waals surface area contributed by atoms with Crippen molar-refractivity contribution in [3.05, 3.63) is 0 Å². The fourth-order valence-electron chi connectivity index (χ4n) is 0.0579. The molecule has 53 valence electrons. The van der Waals surface area contributed by atoms with Crippen LogP contribution in [-0.4, -0.2) is 18.8 Å². The minimum Gasteiger partial charge on any atom is -0.386 e. The Morgan fingerprint density at radius 2 is 1.33 bits per heavy atom. The molecule has 0 fully saturated rings. The summed E-state index contributed by atoms with van der Waals surface area (Å²) in [5, 5.41) is 0. The van der Waals surface area contributed by atoms with Gasteiger partial charge in [0.05, 0.1) is 0 Å². The molecule has 0 N–H and O–H groups in total. The highest BCUT2D eigenvalue weighted by Gasteiger charge is 2.46. The summed E-state index contributed by atoms with van der Waals surface area (Å²) >= 11 is 26.3. The van der Waals surface area contributed by atoms with Crippen molar-refractivity contribution in [3.63, 3.8) is 0 Å². The molecule has 7 heteroatoms. The zero-order valence-electron chi connectivity index (χ0n) is 3.80. The Labute approximate surface area is 81.0 Å². The third kappa shape index (κ3) is 3.02. The first-order valence-corrected chi connectivity index (χ1v) is 3.90. The zero-order chi connectivity index (χ0) is 7.71. The van der Waals surface area contributed by atoms with E-state index in [1.165, 1.54) is 0 Å². The van der Waals surface area contributed by atoms with Crippen LogP contribution in [0.3, 0.4) is 0 Å². The Balaban J connectivity index is 4.14. The number of hydrogen-bond donors (Lipinski definition) is 0. The van der Waals surface area contributed by atoms with Crippen LogP contribution in [0.5, 0.6) is 0 Å². The monoisotopic (exact) mass is 243 g/mol. The molecule has 0 saturated heterocycles. The molecule has 0 unspecified atom stereocenters. The predicted octanol–water partition coefficient (Wildman–Crippen LogP) is 2.59. The summed E-state index contributed by atoms with van der Waals surface area (Å²) in [4.78, 5) is 0. The van der Waals surface area contributed by atoms with Crippen molar-refractivity contribution in [2.75, 3.05) is 0 Å². The molecule has 9 heavy (non-hydrogen) atoms. The number of rotatable bonds is 1. The molecule has 0 saturated carbocycles. The second-order valence-corrected chi connectivity index (χ2v) is 4.86. The van der Waals surface area contributed by atoms with Gasteiger partial charge in [-0.15, -0.1) is 0 Å². The van der Waals surface area contributed by atoms with Crippen LogP contribution < -0.4 is 0 Å². The summed E-state index contributed by atoms with van der Waals surface area (Å²) in [7, 11) is 2.54. The molecule has 1 nitrogen and oxygen atoms in total. The van der Waals surface area contributed by atoms with E-state index in [9.17, 15) is 0 Å². The standard InChI is InChI=1S/C2Cl5OSi/c3-1(4,5)2(6,7)8-9. The van der Waals surface area contributed by atoms with Gasteiger partial charge in [-0.25, -0.2) is 0 Å². The van der Waals surface area contributed by atoms with E-state index < -0.39 is 8.31 Å². The highest BCUT2D eigenvalue weighted by Crippen LogP contribution is 2.45. The Morgan fingerprint density at radius 1 is 1.00 bits per heavy atom. The molecule has 0 heterocycles. The Hall–Kier alpha value is 1.63. The average Bonchev–Trinajstić information content (AvgIpc) is 1.64. The third-order valence-electron chi connectivity index (χ3n) is 0.458. The van der Waals surface area contributed by atoms with Gasteiger partial charge in [0.25, 0.3) is 15.0 Å². The van der Waals surface area contributed by atoms with Crippen molar-refractivity contribution in [2.24, 2.45) is 0 Å². The first-order chi connectivity index (χ1) is 3.81. The molecular weight excluding hydrogens is 245 g/mol. The van der Waals surface area contributed by atoms with Gasteiger partial charge in [0.2, 0.25) is 3.79 Å². The van der Waals surface area contributed by atoms with Crippen molar-refractivity contribution in [1.82, 2.24) is 0 Å². The average molecular weight is 245 g/mol. The summed E-state index contributed by atoms with van der Waals surface area (Å²) in [5.74, 6) is 0. The van der Waals surface area contributed by atoms with Gasteiger partial charge in [-0.2, -0.15) is 0 Å². The summed E-state index contributed by atoms with van der Waals surface area (Å²) in [5.41, 5.74) is 0. The minimum absolute atomic E-state index is 1.87. The van der Waals surface area contributed by atoms with Crippen molar-refractivity contribution < 1.29 is 4.43 Å². The summed E-state index contributed by atoms with van der Waals surface area (Å²) < 4.78 is 0.499. The minimum atomic E-state index is -1.88. The SMILES string of the molecule is [Si]OC(Cl)(Cl)C(Cl)(Cl)Cl. The van der Waals surface area contributed by atoms with Gasteiger partial charge >= 0.3 is 0 Å².